The molecule has 9 heteroatoms. The average molecular weight is 567 g/mol. The van der Waals surface area contributed by atoms with E-state index < -0.39 is 47.9 Å². The average Bonchev–Trinajstić information content (AvgIpc) is 2.86. The zero-order valence-corrected chi connectivity index (χ0v) is 25.5. The third-order valence-electron chi connectivity index (χ3n) is 6.58. The van der Waals surface area contributed by atoms with Gasteiger partial charge < -0.3 is 26.0 Å². The fourth-order valence-corrected chi connectivity index (χ4v) is 4.64. The van der Waals surface area contributed by atoms with Crippen LogP contribution in [0.4, 0.5) is 10.5 Å². The Morgan fingerprint density at radius 1 is 0.951 bits per heavy atom. The van der Waals surface area contributed by atoms with Gasteiger partial charge in [-0.25, -0.2) is 4.79 Å². The number of para-hydroxylation sites is 1. The number of carbonyl (C=O) groups excluding carboxylic acids is 4. The zero-order valence-electron chi connectivity index (χ0n) is 25.5. The van der Waals surface area contributed by atoms with Crippen molar-refractivity contribution in [3.05, 3.63) is 64.7 Å². The van der Waals surface area contributed by atoms with Crippen molar-refractivity contribution in [1.82, 2.24) is 10.2 Å². The Morgan fingerprint density at radius 3 is 2.15 bits per heavy atom. The number of nitrogens with one attached hydrogen (secondary N) is 2. The number of amides is 4. The molecule has 4 N–H and O–H groups in total. The Labute approximate surface area is 244 Å². The molecule has 0 aliphatic heterocycles. The Kier molecular flexibility index (Phi) is 12.4. The molecule has 0 fully saturated rings. The van der Waals surface area contributed by atoms with E-state index in [1.165, 1.54) is 4.90 Å². The number of ether oxygens (including phenoxy) is 1. The first-order valence-electron chi connectivity index (χ1n) is 14.3. The van der Waals surface area contributed by atoms with Crippen LogP contribution in [0, 0.1) is 20.8 Å². The van der Waals surface area contributed by atoms with Crippen LogP contribution in [0.25, 0.3) is 0 Å². The van der Waals surface area contributed by atoms with E-state index in [9.17, 15) is 19.2 Å². The van der Waals surface area contributed by atoms with Gasteiger partial charge in [-0.05, 0) is 64.7 Å². The smallest absolute Gasteiger partial charge is 0.408 e. The zero-order chi connectivity index (χ0) is 30.7. The molecule has 0 bridgehead atoms. The van der Waals surface area contributed by atoms with Gasteiger partial charge in [0, 0.05) is 12.2 Å². The summed E-state index contributed by atoms with van der Waals surface area (Å²) in [5.41, 5.74) is 8.67. The molecule has 0 spiro atoms. The number of primary amides is 1. The highest BCUT2D eigenvalue weighted by molar-refractivity contribution is 6.00. The highest BCUT2D eigenvalue weighted by atomic mass is 16.6. The van der Waals surface area contributed by atoms with E-state index in [-0.39, 0.29) is 6.54 Å². The predicted molar refractivity (Wildman–Crippen MR) is 161 cm³/mol. The van der Waals surface area contributed by atoms with Crippen LogP contribution in [0.5, 0.6) is 0 Å². The molecule has 0 aliphatic rings. The molecule has 0 saturated carbocycles. The van der Waals surface area contributed by atoms with Crippen molar-refractivity contribution in [2.75, 3.05) is 11.9 Å². The SMILES string of the molecule is CCCCCCN(C(=O)C(CC(N)=O)NC(=O)OC(C)(C)C)C(C(=O)Nc1c(C)cccc1C)c1cccc(C)c1. The highest BCUT2D eigenvalue weighted by Gasteiger charge is 2.37. The Hall–Kier alpha value is -3.88. The topological polar surface area (TPSA) is 131 Å². The monoisotopic (exact) mass is 566 g/mol. The molecule has 2 unspecified atom stereocenters. The number of alkyl carbamates (subject to hydrolysis) is 1. The van der Waals surface area contributed by atoms with E-state index >= 15 is 0 Å². The van der Waals surface area contributed by atoms with Gasteiger partial charge in [-0.15, -0.1) is 0 Å². The summed E-state index contributed by atoms with van der Waals surface area (Å²) in [6, 6.07) is 10.8. The normalized spacial score (nSPS) is 12.7. The lowest BCUT2D eigenvalue weighted by Gasteiger charge is -2.34. The van der Waals surface area contributed by atoms with Crippen molar-refractivity contribution in [3.8, 4) is 0 Å². The maximum absolute atomic E-state index is 14.2. The van der Waals surface area contributed by atoms with Gasteiger partial charge in [0.2, 0.25) is 11.8 Å². The van der Waals surface area contributed by atoms with Gasteiger partial charge in [-0.2, -0.15) is 0 Å². The number of aryl methyl sites for hydroxylation is 3. The van der Waals surface area contributed by atoms with Crippen LogP contribution in [0.1, 0.15) is 88.1 Å². The maximum atomic E-state index is 14.2. The minimum Gasteiger partial charge on any atom is -0.444 e. The van der Waals surface area contributed by atoms with Gasteiger partial charge in [-0.3, -0.25) is 14.4 Å². The summed E-state index contributed by atoms with van der Waals surface area (Å²) in [5, 5.41) is 5.57. The Bertz CT molecular complexity index is 1200. The molecule has 0 saturated heterocycles. The molecule has 0 aromatic heterocycles. The lowest BCUT2D eigenvalue weighted by Crippen LogP contribution is -2.53. The molecule has 0 aliphatic carbocycles. The number of anilines is 1. The number of unbranched alkanes of at least 4 members (excludes halogenated alkanes) is 3. The van der Waals surface area contributed by atoms with Crippen molar-refractivity contribution in [1.29, 1.82) is 0 Å². The molecular weight excluding hydrogens is 520 g/mol. The molecule has 0 radical (unpaired) electrons. The molecular formula is C32H46N4O5. The predicted octanol–water partition coefficient (Wildman–Crippen LogP) is 5.47. The first kappa shape index (κ1) is 33.3. The molecule has 2 rings (SSSR count). The highest BCUT2D eigenvalue weighted by Crippen LogP contribution is 2.28. The van der Waals surface area contributed by atoms with Crippen LogP contribution in [-0.4, -0.2) is 46.9 Å². The number of carbonyl (C=O) groups is 4. The van der Waals surface area contributed by atoms with Crippen LogP contribution in [0.2, 0.25) is 0 Å². The summed E-state index contributed by atoms with van der Waals surface area (Å²) in [5.74, 6) is -1.75. The standard InChI is InChI=1S/C32H46N4O5/c1-8-9-10-11-18-36(30(39)25(20-26(33)37)34-31(40)41-32(5,6)7)28(24-17-12-14-21(2)19-24)29(38)35-27-22(3)15-13-16-23(27)4/h12-17,19,25,28H,8-11,18,20H2,1-7H3,(H2,33,37)(H,34,40)(H,35,38). The van der Waals surface area contributed by atoms with E-state index in [2.05, 4.69) is 17.6 Å². The fraction of sp³-hybridized carbons (Fsp3) is 0.500. The third kappa shape index (κ3) is 10.6. The maximum Gasteiger partial charge on any atom is 0.408 e. The minimum absolute atomic E-state index is 0.239. The van der Waals surface area contributed by atoms with Crippen molar-refractivity contribution in [3.63, 3.8) is 0 Å². The largest absolute Gasteiger partial charge is 0.444 e. The fourth-order valence-electron chi connectivity index (χ4n) is 4.64. The van der Waals surface area contributed by atoms with Gasteiger partial charge in [0.1, 0.15) is 17.7 Å². The second-order valence-corrected chi connectivity index (χ2v) is 11.5. The first-order chi connectivity index (χ1) is 19.2. The molecule has 2 aromatic rings. The van der Waals surface area contributed by atoms with Crippen LogP contribution < -0.4 is 16.4 Å². The minimum atomic E-state index is -1.31. The summed E-state index contributed by atoms with van der Waals surface area (Å²) < 4.78 is 5.35. The second kappa shape index (κ2) is 15.2. The van der Waals surface area contributed by atoms with Crippen LogP contribution in [0.3, 0.4) is 0 Å². The van der Waals surface area contributed by atoms with E-state index in [0.29, 0.717) is 17.7 Å². The van der Waals surface area contributed by atoms with Crippen molar-refractivity contribution in [2.45, 2.75) is 98.3 Å². The van der Waals surface area contributed by atoms with E-state index in [1.54, 1.807) is 26.8 Å². The van der Waals surface area contributed by atoms with E-state index in [1.807, 2.05) is 57.2 Å². The van der Waals surface area contributed by atoms with Crippen LogP contribution in [0.15, 0.2) is 42.5 Å². The van der Waals surface area contributed by atoms with Gasteiger partial charge >= 0.3 is 6.09 Å². The van der Waals surface area contributed by atoms with Gasteiger partial charge in [-0.1, -0.05) is 74.2 Å². The number of hydrogen-bond acceptors (Lipinski definition) is 5. The van der Waals surface area contributed by atoms with Gasteiger partial charge in [0.15, 0.2) is 0 Å². The Balaban J connectivity index is 2.59. The van der Waals surface area contributed by atoms with Crippen molar-refractivity contribution in [2.24, 2.45) is 5.73 Å². The summed E-state index contributed by atoms with van der Waals surface area (Å²) in [6.07, 6.45) is 2.14. The quantitative estimate of drug-likeness (QED) is 0.277. The Morgan fingerprint density at radius 2 is 1.59 bits per heavy atom. The number of nitrogens with zero attached hydrogens (tertiary/aromatic N) is 1. The van der Waals surface area contributed by atoms with Gasteiger partial charge in [0.05, 0.1) is 6.42 Å². The number of nitrogens with two attached hydrogens (primary N) is 1. The first-order valence-corrected chi connectivity index (χ1v) is 14.3. The molecule has 4 amide bonds. The summed E-state index contributed by atoms with van der Waals surface area (Å²) in [4.78, 5) is 54.5. The molecule has 2 aromatic carbocycles. The van der Waals surface area contributed by atoms with E-state index in [0.717, 1.165) is 36.0 Å². The lowest BCUT2D eigenvalue weighted by atomic mass is 9.99. The molecule has 2 atom stereocenters. The van der Waals surface area contributed by atoms with Crippen molar-refractivity contribution < 1.29 is 23.9 Å². The molecule has 224 valence electrons. The summed E-state index contributed by atoms with van der Waals surface area (Å²) in [6.45, 7) is 13.1. The summed E-state index contributed by atoms with van der Waals surface area (Å²) in [7, 11) is 0. The van der Waals surface area contributed by atoms with Crippen molar-refractivity contribution >= 4 is 29.5 Å². The number of rotatable bonds is 13. The second-order valence-electron chi connectivity index (χ2n) is 11.5. The third-order valence-corrected chi connectivity index (χ3v) is 6.58. The lowest BCUT2D eigenvalue weighted by molar-refractivity contribution is -0.142. The summed E-state index contributed by atoms with van der Waals surface area (Å²) >= 11 is 0. The number of hydrogen-bond donors (Lipinski definition) is 3. The van der Waals surface area contributed by atoms with E-state index in [4.69, 9.17) is 10.5 Å². The van der Waals surface area contributed by atoms with Crippen LogP contribution >= 0.6 is 0 Å². The molecule has 0 heterocycles. The molecule has 41 heavy (non-hydrogen) atoms. The van der Waals surface area contributed by atoms with Crippen LogP contribution in [-0.2, 0) is 19.1 Å². The van der Waals surface area contributed by atoms with Gasteiger partial charge in [0.25, 0.3) is 5.91 Å². The number of benzene rings is 2. The molecule has 9 nitrogen and oxygen atoms in total.